The molecular weight excluding hydrogens is 488 g/mol. The molecule has 2 atom stereocenters. The first-order valence-electron chi connectivity index (χ1n) is 12.3. The van der Waals surface area contributed by atoms with Gasteiger partial charge in [0.15, 0.2) is 5.82 Å². The molecule has 0 saturated heterocycles. The van der Waals surface area contributed by atoms with Crippen LogP contribution in [0.15, 0.2) is 24.5 Å². The fourth-order valence-electron chi connectivity index (χ4n) is 6.01. The van der Waals surface area contributed by atoms with Crippen LogP contribution in [0.5, 0.6) is 0 Å². The summed E-state index contributed by atoms with van der Waals surface area (Å²) in [6, 6.07) is 4.02. The Morgan fingerprint density at radius 3 is 2.39 bits per heavy atom. The maximum atomic E-state index is 14.7. The number of benzene rings is 1. The molecule has 2 aliphatic rings. The predicted octanol–water partition coefficient (Wildman–Crippen LogP) is 5.46. The van der Waals surface area contributed by atoms with Crippen molar-refractivity contribution >= 4 is 23.2 Å². The Labute approximate surface area is 214 Å². The molecule has 1 aromatic carbocycles. The molecule has 2 heterocycles. The maximum absolute atomic E-state index is 14.7. The monoisotopic (exact) mass is 519 g/mol. The van der Waals surface area contributed by atoms with E-state index in [-0.39, 0.29) is 40.1 Å². The van der Waals surface area contributed by atoms with E-state index < -0.39 is 17.2 Å². The summed E-state index contributed by atoms with van der Waals surface area (Å²) in [5.41, 5.74) is 0.833. The molecule has 0 spiro atoms. The Kier molecular flexibility index (Phi) is 7.26. The number of hydrogen-bond acceptors (Lipinski definition) is 4. The molecule has 0 radical (unpaired) electrons. The number of rotatable bonds is 4. The molecule has 5 rings (SSSR count). The van der Waals surface area contributed by atoms with Crippen LogP contribution in [0.3, 0.4) is 0 Å². The van der Waals surface area contributed by atoms with E-state index >= 15 is 0 Å². The van der Waals surface area contributed by atoms with E-state index in [2.05, 4.69) is 15.4 Å². The van der Waals surface area contributed by atoms with Crippen LogP contribution in [0.1, 0.15) is 73.0 Å². The normalized spacial score (nSPS) is 24.9. The summed E-state index contributed by atoms with van der Waals surface area (Å²) in [6.07, 6.45) is 4.02. The molecule has 194 valence electrons. The van der Waals surface area contributed by atoms with Gasteiger partial charge in [-0.1, -0.05) is 25.4 Å². The number of carbonyl (C=O) groups excluding carboxylic acids is 1. The van der Waals surface area contributed by atoms with Gasteiger partial charge >= 0.3 is 0 Å². The van der Waals surface area contributed by atoms with Crippen LogP contribution >= 0.6 is 11.6 Å². The zero-order valence-corrected chi connectivity index (χ0v) is 21.9. The van der Waals surface area contributed by atoms with E-state index in [4.69, 9.17) is 11.6 Å². The number of anilines is 1. The molecule has 2 unspecified atom stereocenters. The molecular formula is C26H32ClF2N5O2. The lowest BCUT2D eigenvalue weighted by Gasteiger charge is -2.25. The number of halogens is 3. The first-order chi connectivity index (χ1) is 17.1. The highest BCUT2D eigenvalue weighted by atomic mass is 35.5. The van der Waals surface area contributed by atoms with Gasteiger partial charge in [-0.25, -0.2) is 13.8 Å². The van der Waals surface area contributed by atoms with E-state index in [0.717, 1.165) is 12.8 Å². The average molecular weight is 520 g/mol. The lowest BCUT2D eigenvalue weighted by Crippen LogP contribution is -2.27. The Bertz CT molecular complexity index is 1270. The summed E-state index contributed by atoms with van der Waals surface area (Å²) in [4.78, 5) is 17.6. The van der Waals surface area contributed by atoms with Crippen molar-refractivity contribution < 1.29 is 18.7 Å². The molecule has 2 fully saturated rings. The first-order valence-corrected chi connectivity index (χ1v) is 12.6. The van der Waals surface area contributed by atoms with Crippen LogP contribution in [-0.4, -0.2) is 30.3 Å². The van der Waals surface area contributed by atoms with Crippen LogP contribution in [-0.2, 0) is 19.7 Å². The maximum Gasteiger partial charge on any atom is 0.274 e. The molecule has 7 nitrogen and oxygen atoms in total. The number of nitrogens with zero attached hydrogens (tertiary/aromatic N) is 4. The zero-order valence-electron chi connectivity index (χ0n) is 21.1. The van der Waals surface area contributed by atoms with Gasteiger partial charge in [-0.05, 0) is 62.6 Å². The van der Waals surface area contributed by atoms with Crippen molar-refractivity contribution in [2.24, 2.45) is 25.9 Å². The second kappa shape index (κ2) is 9.94. The number of nitrogens with one attached hydrogen (secondary N) is 1. The minimum absolute atomic E-state index is 0.0522. The number of fused-ring (bicyclic) bond motifs is 1. The highest BCUT2D eigenvalue weighted by Gasteiger charge is 2.52. The fraction of sp³-hybridized carbons (Fsp3) is 0.500. The largest absolute Gasteiger partial charge is 0.383 e. The Morgan fingerprint density at radius 2 is 1.83 bits per heavy atom. The van der Waals surface area contributed by atoms with Crippen LogP contribution in [0, 0.1) is 30.4 Å². The molecule has 2 N–H and O–H groups in total. The molecule has 0 bridgehead atoms. The predicted molar refractivity (Wildman–Crippen MR) is 134 cm³/mol. The zero-order chi connectivity index (χ0) is 26.4. The van der Waals surface area contributed by atoms with Crippen molar-refractivity contribution in [3.05, 3.63) is 64.0 Å². The molecule has 0 aliphatic heterocycles. The number of imidazole rings is 1. The third kappa shape index (κ3) is 4.54. The van der Waals surface area contributed by atoms with Crippen molar-refractivity contribution in [3.8, 4) is 0 Å². The number of carbonyl (C=O) groups is 1. The topological polar surface area (TPSA) is 85.0 Å². The van der Waals surface area contributed by atoms with E-state index in [1.54, 1.807) is 31.9 Å². The minimum Gasteiger partial charge on any atom is -0.383 e. The van der Waals surface area contributed by atoms with Crippen LogP contribution in [0.25, 0.3) is 0 Å². The molecule has 2 saturated carbocycles. The standard InChI is InChI=1S/C24H26ClF2N5O2.C2H6/c1-12-19(27)22(32(3)30-12)24(34)9-14-6-13(7-15(14)10-24)20-21(31(2)11-28-20)23(33)29-16-4-5-18(26)17(25)8-16;1-2/h4-5,8,11,13-15,34H,6-7,9-10H2,1-3H3,(H,29,33);1-2H3. The third-order valence-corrected chi connectivity index (χ3v) is 7.67. The number of aromatic nitrogens is 4. The molecule has 36 heavy (non-hydrogen) atoms. The van der Waals surface area contributed by atoms with Gasteiger partial charge in [0.05, 0.1) is 22.7 Å². The van der Waals surface area contributed by atoms with E-state index in [1.807, 2.05) is 13.8 Å². The van der Waals surface area contributed by atoms with Crippen molar-refractivity contribution in [1.82, 2.24) is 19.3 Å². The second-order valence-corrected chi connectivity index (χ2v) is 10.1. The summed E-state index contributed by atoms with van der Waals surface area (Å²) in [7, 11) is 3.42. The number of amides is 1. The lowest BCUT2D eigenvalue weighted by molar-refractivity contribution is 0.0227. The van der Waals surface area contributed by atoms with Gasteiger partial charge in [0.2, 0.25) is 0 Å². The number of aryl methyl sites for hydroxylation is 3. The number of hydrogen-bond donors (Lipinski definition) is 2. The van der Waals surface area contributed by atoms with Crippen molar-refractivity contribution in [2.75, 3.05) is 5.32 Å². The van der Waals surface area contributed by atoms with Crippen LogP contribution < -0.4 is 5.32 Å². The fourth-order valence-corrected chi connectivity index (χ4v) is 6.19. The van der Waals surface area contributed by atoms with Gasteiger partial charge in [-0.3, -0.25) is 9.48 Å². The van der Waals surface area contributed by atoms with E-state index in [9.17, 15) is 18.7 Å². The SMILES string of the molecule is CC.Cc1nn(C)c(C2(O)CC3CC(c4ncn(C)c4C(=O)Nc4ccc(F)c(Cl)c4)CC3C2)c1F. The smallest absolute Gasteiger partial charge is 0.274 e. The highest BCUT2D eigenvalue weighted by Crippen LogP contribution is 2.57. The Hall–Kier alpha value is -2.78. The molecule has 2 aliphatic carbocycles. The quantitative estimate of drug-likeness (QED) is 0.479. The van der Waals surface area contributed by atoms with Gasteiger partial charge in [0, 0.05) is 25.7 Å². The van der Waals surface area contributed by atoms with Crippen molar-refractivity contribution in [1.29, 1.82) is 0 Å². The van der Waals surface area contributed by atoms with Gasteiger partial charge in [0.1, 0.15) is 22.8 Å². The first kappa shape index (κ1) is 26.3. The van der Waals surface area contributed by atoms with Gasteiger partial charge in [0.25, 0.3) is 5.91 Å². The van der Waals surface area contributed by atoms with Gasteiger partial charge in [-0.2, -0.15) is 5.10 Å². The van der Waals surface area contributed by atoms with E-state index in [1.165, 1.54) is 22.9 Å². The number of aliphatic hydroxyl groups is 1. The molecule has 2 aromatic heterocycles. The summed E-state index contributed by atoms with van der Waals surface area (Å²) in [5, 5.41) is 18.2. The molecule has 1 amide bonds. The third-order valence-electron chi connectivity index (χ3n) is 7.38. The highest BCUT2D eigenvalue weighted by molar-refractivity contribution is 6.31. The summed E-state index contributed by atoms with van der Waals surface area (Å²) in [6.45, 7) is 5.60. The lowest BCUT2D eigenvalue weighted by atomic mass is 9.89. The van der Waals surface area contributed by atoms with Crippen molar-refractivity contribution in [2.45, 2.75) is 58.0 Å². The summed E-state index contributed by atoms with van der Waals surface area (Å²) < 4.78 is 31.3. The summed E-state index contributed by atoms with van der Waals surface area (Å²) in [5.74, 6) is -0.905. The Balaban J connectivity index is 0.00000148. The van der Waals surface area contributed by atoms with E-state index in [0.29, 0.717) is 29.9 Å². The molecule has 10 heteroatoms. The second-order valence-electron chi connectivity index (χ2n) is 9.67. The van der Waals surface area contributed by atoms with Crippen LogP contribution in [0.4, 0.5) is 14.5 Å². The Morgan fingerprint density at radius 1 is 1.19 bits per heavy atom. The van der Waals surface area contributed by atoms with Gasteiger partial charge in [-0.15, -0.1) is 0 Å². The van der Waals surface area contributed by atoms with Gasteiger partial charge < -0.3 is 15.0 Å². The molecule has 3 aromatic rings. The van der Waals surface area contributed by atoms with Crippen molar-refractivity contribution in [3.63, 3.8) is 0 Å². The van der Waals surface area contributed by atoms with Crippen LogP contribution in [0.2, 0.25) is 5.02 Å². The summed E-state index contributed by atoms with van der Waals surface area (Å²) >= 11 is 5.84. The average Bonchev–Trinajstić information content (AvgIpc) is 3.53. The minimum atomic E-state index is -1.24.